The van der Waals surface area contributed by atoms with Crippen molar-refractivity contribution in [2.24, 2.45) is 5.92 Å². The van der Waals surface area contributed by atoms with Crippen molar-refractivity contribution < 1.29 is 15.3 Å². The van der Waals surface area contributed by atoms with Crippen LogP contribution in [0.15, 0.2) is 42.9 Å². The first kappa shape index (κ1) is 17.4. The van der Waals surface area contributed by atoms with Gasteiger partial charge in [0, 0.05) is 22.5 Å². The molecule has 1 aromatic carbocycles. The van der Waals surface area contributed by atoms with Crippen molar-refractivity contribution in [3.05, 3.63) is 59.1 Å². The summed E-state index contributed by atoms with van der Waals surface area (Å²) in [6, 6.07) is 8.42. The van der Waals surface area contributed by atoms with Crippen LogP contribution in [0, 0.1) is 12.8 Å². The fourth-order valence-corrected chi connectivity index (χ4v) is 4.03. The Kier molecular flexibility index (Phi) is 4.44. The second-order valence-electron chi connectivity index (χ2n) is 6.86. The molecule has 7 heteroatoms. The summed E-state index contributed by atoms with van der Waals surface area (Å²) in [7, 11) is 0. The molecule has 4 rings (SSSR count). The van der Waals surface area contributed by atoms with Gasteiger partial charge in [0.15, 0.2) is 0 Å². The number of halogens is 1. The van der Waals surface area contributed by atoms with Crippen LogP contribution in [0.1, 0.15) is 29.8 Å². The van der Waals surface area contributed by atoms with Gasteiger partial charge in [-0.2, -0.15) is 0 Å². The zero-order valence-corrected chi connectivity index (χ0v) is 15.0. The minimum absolute atomic E-state index is 0.372. The molecule has 0 saturated heterocycles. The number of aliphatic hydroxyl groups excluding tert-OH is 3. The van der Waals surface area contributed by atoms with Gasteiger partial charge in [-0.25, -0.2) is 9.97 Å². The molecule has 26 heavy (non-hydrogen) atoms. The van der Waals surface area contributed by atoms with Crippen molar-refractivity contribution in [2.45, 2.75) is 37.7 Å². The highest BCUT2D eigenvalue weighted by Crippen LogP contribution is 2.43. The first-order valence-corrected chi connectivity index (χ1v) is 8.93. The highest BCUT2D eigenvalue weighted by molar-refractivity contribution is 6.30. The molecule has 1 fully saturated rings. The molecule has 0 aliphatic heterocycles. The average Bonchev–Trinajstić information content (AvgIpc) is 3.18. The standard InChI is InChI=1S/C19H20ClN3O3/c1-10-13-6-7-23(19(13)22-9-21-10)15-8-14(17(25)18(15)26)16(24)11-2-4-12(20)5-3-11/h2-7,9,14-18,24-26H,8H2,1H3/t14-,15-,16-,17-,18+/m1/s1. The van der Waals surface area contributed by atoms with Crippen molar-refractivity contribution in [3.63, 3.8) is 0 Å². The van der Waals surface area contributed by atoms with Crippen LogP contribution < -0.4 is 0 Å². The molecule has 0 spiro atoms. The van der Waals surface area contributed by atoms with Gasteiger partial charge in [-0.05, 0) is 37.1 Å². The van der Waals surface area contributed by atoms with Crippen molar-refractivity contribution in [2.75, 3.05) is 0 Å². The van der Waals surface area contributed by atoms with Crippen molar-refractivity contribution in [1.29, 1.82) is 0 Å². The predicted molar refractivity (Wildman–Crippen MR) is 97.8 cm³/mol. The van der Waals surface area contributed by atoms with E-state index in [0.29, 0.717) is 17.0 Å². The molecule has 1 saturated carbocycles. The maximum Gasteiger partial charge on any atom is 0.143 e. The third kappa shape index (κ3) is 2.79. The first-order valence-electron chi connectivity index (χ1n) is 8.55. The topological polar surface area (TPSA) is 91.4 Å². The van der Waals surface area contributed by atoms with Crippen LogP contribution in [-0.2, 0) is 0 Å². The van der Waals surface area contributed by atoms with E-state index in [4.69, 9.17) is 11.6 Å². The minimum atomic E-state index is -1.04. The number of fused-ring (bicyclic) bond motifs is 1. The van der Waals surface area contributed by atoms with Crippen molar-refractivity contribution in [1.82, 2.24) is 14.5 Å². The Morgan fingerprint density at radius 1 is 1.12 bits per heavy atom. The van der Waals surface area contributed by atoms with Gasteiger partial charge in [-0.3, -0.25) is 0 Å². The molecule has 3 aromatic rings. The van der Waals surface area contributed by atoms with E-state index in [9.17, 15) is 15.3 Å². The van der Waals surface area contributed by atoms with E-state index in [-0.39, 0.29) is 6.04 Å². The number of hydrogen-bond acceptors (Lipinski definition) is 5. The summed E-state index contributed by atoms with van der Waals surface area (Å²) < 4.78 is 1.87. The number of aromatic nitrogens is 3. The molecule has 5 atom stereocenters. The third-order valence-electron chi connectivity index (χ3n) is 5.38. The predicted octanol–water partition coefficient (Wildman–Crippen LogP) is 2.41. The summed E-state index contributed by atoms with van der Waals surface area (Å²) in [5.74, 6) is -0.489. The Hall–Kier alpha value is -1.99. The highest BCUT2D eigenvalue weighted by Gasteiger charge is 2.46. The molecule has 1 aliphatic carbocycles. The van der Waals surface area contributed by atoms with Crippen LogP contribution in [-0.4, -0.2) is 42.1 Å². The first-order chi connectivity index (χ1) is 12.5. The van der Waals surface area contributed by atoms with Crippen LogP contribution >= 0.6 is 11.6 Å². The summed E-state index contributed by atoms with van der Waals surface area (Å²) >= 11 is 5.90. The molecular weight excluding hydrogens is 354 g/mol. The number of nitrogens with zero attached hydrogens (tertiary/aromatic N) is 3. The van der Waals surface area contributed by atoms with Gasteiger partial charge in [0.05, 0.1) is 23.9 Å². The quantitative estimate of drug-likeness (QED) is 0.655. The third-order valence-corrected chi connectivity index (χ3v) is 5.63. The number of rotatable bonds is 3. The van der Waals surface area contributed by atoms with E-state index in [1.165, 1.54) is 6.33 Å². The summed E-state index contributed by atoms with van der Waals surface area (Å²) in [6.07, 6.45) is 0.855. The molecule has 1 aliphatic rings. The Balaban J connectivity index is 1.65. The number of benzene rings is 1. The molecule has 0 radical (unpaired) electrons. The van der Waals surface area contributed by atoms with Gasteiger partial charge in [-0.1, -0.05) is 23.7 Å². The molecule has 0 unspecified atom stereocenters. The second-order valence-corrected chi connectivity index (χ2v) is 7.30. The highest BCUT2D eigenvalue weighted by atomic mass is 35.5. The zero-order chi connectivity index (χ0) is 18.4. The monoisotopic (exact) mass is 373 g/mol. The van der Waals surface area contributed by atoms with Crippen LogP contribution in [0.3, 0.4) is 0 Å². The number of aliphatic hydroxyl groups is 3. The summed E-state index contributed by atoms with van der Waals surface area (Å²) in [4.78, 5) is 8.51. The van der Waals surface area contributed by atoms with Crippen LogP contribution in [0.5, 0.6) is 0 Å². The SMILES string of the molecule is Cc1ncnc2c1ccn2[C@@H]1C[C@H]([C@H](O)c2ccc(Cl)cc2)[C@@H](O)[C@H]1O. The minimum Gasteiger partial charge on any atom is -0.390 e. The fraction of sp³-hybridized carbons (Fsp3) is 0.368. The molecule has 2 aromatic heterocycles. The van der Waals surface area contributed by atoms with Crippen molar-refractivity contribution in [3.8, 4) is 0 Å². The maximum absolute atomic E-state index is 10.7. The lowest BCUT2D eigenvalue weighted by atomic mass is 9.92. The van der Waals surface area contributed by atoms with Gasteiger partial charge in [0.1, 0.15) is 18.1 Å². The van der Waals surface area contributed by atoms with Gasteiger partial charge in [0.25, 0.3) is 0 Å². The smallest absolute Gasteiger partial charge is 0.143 e. The van der Waals surface area contributed by atoms with Crippen LogP contribution in [0.4, 0.5) is 0 Å². The summed E-state index contributed by atoms with van der Waals surface area (Å²) in [5, 5.41) is 33.4. The molecule has 2 heterocycles. The van der Waals surface area contributed by atoms with E-state index in [2.05, 4.69) is 9.97 Å². The molecule has 0 amide bonds. The summed E-state index contributed by atoms with van der Waals surface area (Å²) in [5.41, 5.74) is 2.25. The van der Waals surface area contributed by atoms with Gasteiger partial charge in [0.2, 0.25) is 0 Å². The van der Waals surface area contributed by atoms with Gasteiger partial charge in [-0.15, -0.1) is 0 Å². The van der Waals surface area contributed by atoms with Crippen molar-refractivity contribution >= 4 is 22.6 Å². The Morgan fingerprint density at radius 2 is 1.85 bits per heavy atom. The molecular formula is C19H20ClN3O3. The molecule has 136 valence electrons. The molecule has 6 nitrogen and oxygen atoms in total. The lowest BCUT2D eigenvalue weighted by Crippen LogP contribution is -2.31. The zero-order valence-electron chi connectivity index (χ0n) is 14.2. The average molecular weight is 374 g/mol. The number of aryl methyl sites for hydroxylation is 1. The Bertz CT molecular complexity index is 927. The lowest BCUT2D eigenvalue weighted by molar-refractivity contribution is -0.0264. The van der Waals surface area contributed by atoms with E-state index >= 15 is 0 Å². The van der Waals surface area contributed by atoms with E-state index in [1.807, 2.05) is 23.8 Å². The molecule has 0 bridgehead atoms. The van der Waals surface area contributed by atoms with E-state index in [0.717, 1.165) is 16.7 Å². The second kappa shape index (κ2) is 6.63. The number of hydrogen-bond donors (Lipinski definition) is 3. The Morgan fingerprint density at radius 3 is 2.58 bits per heavy atom. The fourth-order valence-electron chi connectivity index (χ4n) is 3.90. The van der Waals surface area contributed by atoms with Crippen LogP contribution in [0.2, 0.25) is 5.02 Å². The summed E-state index contributed by atoms with van der Waals surface area (Å²) in [6.45, 7) is 1.90. The van der Waals surface area contributed by atoms with Gasteiger partial charge < -0.3 is 19.9 Å². The van der Waals surface area contributed by atoms with E-state index < -0.39 is 24.2 Å². The van der Waals surface area contributed by atoms with Gasteiger partial charge >= 0.3 is 0 Å². The normalized spacial score (nSPS) is 27.1. The van der Waals surface area contributed by atoms with E-state index in [1.54, 1.807) is 24.3 Å². The molecule has 3 N–H and O–H groups in total. The van der Waals surface area contributed by atoms with Crippen LogP contribution in [0.25, 0.3) is 11.0 Å². The lowest BCUT2D eigenvalue weighted by Gasteiger charge is -2.22. The largest absolute Gasteiger partial charge is 0.390 e. The maximum atomic E-state index is 10.7. The Labute approximate surface area is 155 Å².